The van der Waals surface area contributed by atoms with E-state index in [1.165, 1.54) is 0 Å². The van der Waals surface area contributed by atoms with Gasteiger partial charge in [0.05, 0.1) is 13.2 Å². The summed E-state index contributed by atoms with van der Waals surface area (Å²) in [4.78, 5) is 26.7. The van der Waals surface area contributed by atoms with Gasteiger partial charge in [0.2, 0.25) is 0 Å². The summed E-state index contributed by atoms with van der Waals surface area (Å²) in [6.07, 6.45) is 1.18. The van der Waals surface area contributed by atoms with E-state index in [4.69, 9.17) is 14.2 Å². The number of nitrogens with zero attached hydrogens (tertiary/aromatic N) is 2. The second-order valence-electron chi connectivity index (χ2n) is 5.00. The molecule has 0 aromatic heterocycles. The van der Waals surface area contributed by atoms with E-state index in [0.717, 1.165) is 12.8 Å². The molecular weight excluding hydrogens is 300 g/mol. The van der Waals surface area contributed by atoms with Crippen LogP contribution in [0.4, 0.5) is 9.59 Å². The Morgan fingerprint density at radius 1 is 0.696 bits per heavy atom. The van der Waals surface area contributed by atoms with Crippen molar-refractivity contribution in [3.05, 3.63) is 0 Å². The maximum absolute atomic E-state index is 11.8. The van der Waals surface area contributed by atoms with Crippen LogP contribution in [-0.2, 0) is 14.2 Å². The minimum absolute atomic E-state index is 0.196. The van der Waals surface area contributed by atoms with Crippen LogP contribution in [0.25, 0.3) is 0 Å². The Hall–Kier alpha value is -1.50. The van der Waals surface area contributed by atoms with Gasteiger partial charge in [-0.1, -0.05) is 13.8 Å². The van der Waals surface area contributed by atoms with Crippen molar-refractivity contribution in [1.82, 2.24) is 9.80 Å². The lowest BCUT2D eigenvalue weighted by Gasteiger charge is -2.20. The highest BCUT2D eigenvalue weighted by Crippen LogP contribution is 1.98. The van der Waals surface area contributed by atoms with E-state index in [2.05, 4.69) is 0 Å². The molecule has 0 aromatic carbocycles. The third-order valence-corrected chi connectivity index (χ3v) is 3.17. The van der Waals surface area contributed by atoms with Crippen molar-refractivity contribution in [2.24, 2.45) is 0 Å². The number of amides is 2. The normalized spacial score (nSPS) is 10.3. The molecule has 0 spiro atoms. The second kappa shape index (κ2) is 14.1. The van der Waals surface area contributed by atoms with Crippen LogP contribution in [0.15, 0.2) is 0 Å². The summed E-state index contributed by atoms with van der Waals surface area (Å²) < 4.78 is 15.5. The standard InChI is InChI=1S/C16H32N2O5/c1-5-9-18(10-6-2)16(20)23-14-12-21-11-13-22-15(19)17(7-3)8-4/h5-14H2,1-4H3. The Morgan fingerprint density at radius 2 is 1.13 bits per heavy atom. The molecular formula is C16H32N2O5. The van der Waals surface area contributed by atoms with Gasteiger partial charge in [0.25, 0.3) is 0 Å². The number of ether oxygens (including phenoxy) is 3. The fraction of sp³-hybridized carbons (Fsp3) is 0.875. The molecule has 0 atom stereocenters. The largest absolute Gasteiger partial charge is 0.447 e. The topological polar surface area (TPSA) is 68.3 Å². The maximum Gasteiger partial charge on any atom is 0.409 e. The molecule has 0 aliphatic rings. The van der Waals surface area contributed by atoms with Gasteiger partial charge >= 0.3 is 12.2 Å². The molecule has 0 radical (unpaired) electrons. The molecule has 7 nitrogen and oxygen atoms in total. The minimum atomic E-state index is -0.334. The molecule has 0 saturated heterocycles. The first-order valence-corrected chi connectivity index (χ1v) is 8.51. The van der Waals surface area contributed by atoms with E-state index in [9.17, 15) is 9.59 Å². The second-order valence-corrected chi connectivity index (χ2v) is 5.00. The first-order chi connectivity index (χ1) is 11.1. The lowest BCUT2D eigenvalue weighted by Crippen LogP contribution is -2.33. The van der Waals surface area contributed by atoms with Crippen molar-refractivity contribution >= 4 is 12.2 Å². The van der Waals surface area contributed by atoms with Gasteiger partial charge in [-0.25, -0.2) is 9.59 Å². The summed E-state index contributed by atoms with van der Waals surface area (Å²) in [5, 5.41) is 0. The van der Waals surface area contributed by atoms with E-state index < -0.39 is 0 Å². The van der Waals surface area contributed by atoms with Crippen LogP contribution in [0.1, 0.15) is 40.5 Å². The summed E-state index contributed by atoms with van der Waals surface area (Å²) in [6.45, 7) is 11.5. The smallest absolute Gasteiger partial charge is 0.409 e. The molecule has 0 unspecified atom stereocenters. The van der Waals surface area contributed by atoms with Crippen LogP contribution in [0, 0.1) is 0 Å². The predicted octanol–water partition coefficient (Wildman–Crippen LogP) is 2.74. The molecule has 0 bridgehead atoms. The van der Waals surface area contributed by atoms with Gasteiger partial charge in [0.15, 0.2) is 0 Å². The minimum Gasteiger partial charge on any atom is -0.447 e. The summed E-state index contributed by atoms with van der Waals surface area (Å²) in [7, 11) is 0. The number of rotatable bonds is 12. The third kappa shape index (κ3) is 9.99. The Morgan fingerprint density at radius 3 is 1.52 bits per heavy atom. The van der Waals surface area contributed by atoms with Gasteiger partial charge in [0, 0.05) is 26.2 Å². The summed E-state index contributed by atoms with van der Waals surface area (Å²) in [5.74, 6) is 0. The zero-order chi connectivity index (χ0) is 17.5. The first kappa shape index (κ1) is 21.5. The Bertz CT molecular complexity index is 316. The summed E-state index contributed by atoms with van der Waals surface area (Å²) >= 11 is 0. The van der Waals surface area contributed by atoms with Crippen molar-refractivity contribution < 1.29 is 23.8 Å². The van der Waals surface area contributed by atoms with E-state index in [1.54, 1.807) is 9.80 Å². The highest BCUT2D eigenvalue weighted by molar-refractivity contribution is 5.67. The van der Waals surface area contributed by atoms with Crippen molar-refractivity contribution in [3.63, 3.8) is 0 Å². The number of hydrogen-bond acceptors (Lipinski definition) is 5. The lowest BCUT2D eigenvalue weighted by atomic mass is 10.4. The molecule has 0 aromatic rings. The third-order valence-electron chi connectivity index (χ3n) is 3.17. The van der Waals surface area contributed by atoms with Gasteiger partial charge in [-0.15, -0.1) is 0 Å². The van der Waals surface area contributed by atoms with Crippen LogP contribution < -0.4 is 0 Å². The fourth-order valence-corrected chi connectivity index (χ4v) is 1.98. The van der Waals surface area contributed by atoms with Crippen molar-refractivity contribution in [3.8, 4) is 0 Å². The van der Waals surface area contributed by atoms with Crippen molar-refractivity contribution in [1.29, 1.82) is 0 Å². The first-order valence-electron chi connectivity index (χ1n) is 8.51. The van der Waals surface area contributed by atoms with Crippen molar-refractivity contribution in [2.75, 3.05) is 52.6 Å². The molecule has 0 aliphatic carbocycles. The SMILES string of the molecule is CCCN(CCC)C(=O)OCCOCCOC(=O)N(CC)CC. The van der Waals surface area contributed by atoms with E-state index >= 15 is 0 Å². The molecule has 0 rings (SSSR count). The number of carbonyl (C=O) groups excluding carboxylic acids is 2. The van der Waals surface area contributed by atoms with Gasteiger partial charge in [-0.2, -0.15) is 0 Å². The van der Waals surface area contributed by atoms with Crippen LogP contribution in [0.5, 0.6) is 0 Å². The molecule has 0 heterocycles. The zero-order valence-electron chi connectivity index (χ0n) is 15.0. The highest BCUT2D eigenvalue weighted by atomic mass is 16.6. The fourth-order valence-electron chi connectivity index (χ4n) is 1.98. The molecule has 0 fully saturated rings. The van der Waals surface area contributed by atoms with Crippen LogP contribution in [-0.4, -0.2) is 74.6 Å². The molecule has 2 amide bonds. The Kier molecular flexibility index (Phi) is 13.2. The Labute approximate surface area is 139 Å². The molecule has 136 valence electrons. The van der Waals surface area contributed by atoms with Gasteiger partial charge in [-0.05, 0) is 26.7 Å². The number of carbonyl (C=O) groups is 2. The molecule has 7 heteroatoms. The molecule has 0 saturated carbocycles. The average molecular weight is 332 g/mol. The van der Waals surface area contributed by atoms with Crippen LogP contribution in [0.2, 0.25) is 0 Å². The van der Waals surface area contributed by atoms with Crippen LogP contribution in [0.3, 0.4) is 0 Å². The van der Waals surface area contributed by atoms with E-state index in [0.29, 0.717) is 32.8 Å². The van der Waals surface area contributed by atoms with E-state index in [-0.39, 0.29) is 32.0 Å². The monoisotopic (exact) mass is 332 g/mol. The van der Waals surface area contributed by atoms with Gasteiger partial charge < -0.3 is 24.0 Å². The lowest BCUT2D eigenvalue weighted by molar-refractivity contribution is 0.0301. The highest BCUT2D eigenvalue weighted by Gasteiger charge is 2.12. The maximum atomic E-state index is 11.8. The van der Waals surface area contributed by atoms with Crippen LogP contribution >= 0.6 is 0 Å². The molecule has 23 heavy (non-hydrogen) atoms. The summed E-state index contributed by atoms with van der Waals surface area (Å²) in [6, 6.07) is 0. The Balaban J connectivity index is 3.68. The van der Waals surface area contributed by atoms with E-state index in [1.807, 2.05) is 27.7 Å². The zero-order valence-corrected chi connectivity index (χ0v) is 15.0. The average Bonchev–Trinajstić information content (AvgIpc) is 2.54. The molecule has 0 N–H and O–H groups in total. The number of hydrogen-bond donors (Lipinski definition) is 0. The molecule has 0 aliphatic heterocycles. The van der Waals surface area contributed by atoms with Crippen molar-refractivity contribution in [2.45, 2.75) is 40.5 Å². The predicted molar refractivity (Wildman–Crippen MR) is 88.6 cm³/mol. The van der Waals surface area contributed by atoms with Gasteiger partial charge in [0.1, 0.15) is 13.2 Å². The quantitative estimate of drug-likeness (QED) is 0.514. The van der Waals surface area contributed by atoms with Gasteiger partial charge in [-0.3, -0.25) is 0 Å². The summed E-state index contributed by atoms with van der Waals surface area (Å²) in [5.41, 5.74) is 0.